The molecule has 0 saturated carbocycles. The lowest BCUT2D eigenvalue weighted by atomic mass is 9.84. The van der Waals surface area contributed by atoms with Crippen LogP contribution in [0.15, 0.2) is 18.2 Å². The molecule has 2 heteroatoms. The van der Waals surface area contributed by atoms with Gasteiger partial charge in [-0.2, -0.15) is 0 Å². The van der Waals surface area contributed by atoms with Crippen LogP contribution < -0.4 is 4.18 Å². The van der Waals surface area contributed by atoms with E-state index in [1.807, 2.05) is 12.1 Å². The SMILES string of the molecule is Cc1c(OS)cccc1C(C)(C)C. The fraction of sp³-hybridized carbons (Fsp3) is 0.455. The second-order valence-electron chi connectivity index (χ2n) is 4.27. The summed E-state index contributed by atoms with van der Waals surface area (Å²) < 4.78 is 4.98. The van der Waals surface area contributed by atoms with Crippen molar-refractivity contribution >= 4 is 12.9 Å². The Balaban J connectivity index is 3.24. The summed E-state index contributed by atoms with van der Waals surface area (Å²) in [6.07, 6.45) is 0. The normalized spacial score (nSPS) is 11.5. The van der Waals surface area contributed by atoms with Gasteiger partial charge in [-0.05, 0) is 29.5 Å². The fourth-order valence-corrected chi connectivity index (χ4v) is 1.72. The predicted octanol–water partition coefficient (Wildman–Crippen LogP) is 3.52. The van der Waals surface area contributed by atoms with Gasteiger partial charge >= 0.3 is 0 Å². The maximum absolute atomic E-state index is 4.98. The summed E-state index contributed by atoms with van der Waals surface area (Å²) in [7, 11) is 0. The molecule has 0 aliphatic heterocycles. The average Bonchev–Trinajstić information content (AvgIpc) is 2.02. The molecule has 0 aromatic heterocycles. The van der Waals surface area contributed by atoms with Gasteiger partial charge in [0.1, 0.15) is 5.75 Å². The molecule has 1 nitrogen and oxygen atoms in total. The average molecular weight is 196 g/mol. The molecule has 0 spiro atoms. The van der Waals surface area contributed by atoms with Crippen LogP contribution in [0.5, 0.6) is 5.75 Å². The summed E-state index contributed by atoms with van der Waals surface area (Å²) in [5.74, 6) is 0.843. The van der Waals surface area contributed by atoms with Crippen molar-refractivity contribution in [3.05, 3.63) is 29.3 Å². The van der Waals surface area contributed by atoms with Gasteiger partial charge in [-0.15, -0.1) is 0 Å². The van der Waals surface area contributed by atoms with E-state index in [2.05, 4.69) is 46.7 Å². The summed E-state index contributed by atoms with van der Waals surface area (Å²) in [6.45, 7) is 8.64. The van der Waals surface area contributed by atoms with Crippen molar-refractivity contribution in [3.63, 3.8) is 0 Å². The van der Waals surface area contributed by atoms with E-state index in [4.69, 9.17) is 4.18 Å². The lowest BCUT2D eigenvalue weighted by Crippen LogP contribution is -2.13. The Morgan fingerprint density at radius 1 is 1.23 bits per heavy atom. The van der Waals surface area contributed by atoms with E-state index in [-0.39, 0.29) is 5.41 Å². The molecule has 0 aliphatic carbocycles. The Morgan fingerprint density at radius 2 is 1.85 bits per heavy atom. The zero-order chi connectivity index (χ0) is 10.1. The monoisotopic (exact) mass is 196 g/mol. The number of hydrogen-bond acceptors (Lipinski definition) is 2. The van der Waals surface area contributed by atoms with Crippen molar-refractivity contribution in [1.82, 2.24) is 0 Å². The molecular weight excluding hydrogens is 180 g/mol. The summed E-state index contributed by atoms with van der Waals surface area (Å²) >= 11 is 3.82. The minimum atomic E-state index is 0.159. The van der Waals surface area contributed by atoms with Crippen molar-refractivity contribution in [2.24, 2.45) is 0 Å². The molecule has 0 bridgehead atoms. The van der Waals surface area contributed by atoms with Gasteiger partial charge < -0.3 is 4.18 Å². The van der Waals surface area contributed by atoms with Crippen LogP contribution in [0, 0.1) is 6.92 Å². The van der Waals surface area contributed by atoms with Gasteiger partial charge in [-0.3, -0.25) is 0 Å². The van der Waals surface area contributed by atoms with Crippen LogP contribution in [0.25, 0.3) is 0 Å². The minimum absolute atomic E-state index is 0.159. The zero-order valence-corrected chi connectivity index (χ0v) is 9.48. The van der Waals surface area contributed by atoms with Crippen LogP contribution in [-0.4, -0.2) is 0 Å². The van der Waals surface area contributed by atoms with E-state index in [9.17, 15) is 0 Å². The standard InChI is InChI=1S/C11H16OS/c1-8-9(11(2,3)4)6-5-7-10(8)12-13/h5-7,13H,1-4H3. The molecule has 0 amide bonds. The Hall–Kier alpha value is -0.630. The highest BCUT2D eigenvalue weighted by molar-refractivity contribution is 7.75. The third-order valence-electron chi connectivity index (χ3n) is 2.19. The van der Waals surface area contributed by atoms with E-state index < -0.39 is 0 Å². The molecule has 0 radical (unpaired) electrons. The summed E-state index contributed by atoms with van der Waals surface area (Å²) in [4.78, 5) is 0. The van der Waals surface area contributed by atoms with Crippen molar-refractivity contribution in [2.75, 3.05) is 0 Å². The van der Waals surface area contributed by atoms with Crippen molar-refractivity contribution in [2.45, 2.75) is 33.1 Å². The number of benzene rings is 1. The molecule has 0 heterocycles. The Labute approximate surface area is 85.7 Å². The first-order valence-corrected chi connectivity index (χ1v) is 4.75. The molecule has 72 valence electrons. The lowest BCUT2D eigenvalue weighted by Gasteiger charge is -2.22. The molecule has 0 fully saturated rings. The van der Waals surface area contributed by atoms with Crippen molar-refractivity contribution in [3.8, 4) is 5.75 Å². The van der Waals surface area contributed by atoms with Gasteiger partial charge in [-0.25, -0.2) is 0 Å². The van der Waals surface area contributed by atoms with E-state index in [0.717, 1.165) is 5.75 Å². The molecule has 0 N–H and O–H groups in total. The number of rotatable bonds is 1. The molecular formula is C11H16OS. The first-order valence-electron chi connectivity index (χ1n) is 4.38. The zero-order valence-electron chi connectivity index (χ0n) is 8.59. The van der Waals surface area contributed by atoms with Crippen LogP contribution in [0.2, 0.25) is 0 Å². The predicted molar refractivity (Wildman–Crippen MR) is 59.5 cm³/mol. The minimum Gasteiger partial charge on any atom is -0.429 e. The van der Waals surface area contributed by atoms with Gasteiger partial charge in [0.2, 0.25) is 0 Å². The maximum Gasteiger partial charge on any atom is 0.140 e. The van der Waals surface area contributed by atoms with Crippen LogP contribution in [0.3, 0.4) is 0 Å². The highest BCUT2D eigenvalue weighted by atomic mass is 32.1. The third-order valence-corrected chi connectivity index (χ3v) is 2.39. The largest absolute Gasteiger partial charge is 0.429 e. The van der Waals surface area contributed by atoms with Gasteiger partial charge in [0.15, 0.2) is 0 Å². The van der Waals surface area contributed by atoms with Gasteiger partial charge in [-0.1, -0.05) is 32.9 Å². The molecule has 0 saturated heterocycles. The highest BCUT2D eigenvalue weighted by Crippen LogP contribution is 2.31. The fourth-order valence-electron chi connectivity index (χ4n) is 1.53. The second kappa shape index (κ2) is 3.62. The first-order chi connectivity index (χ1) is 5.96. The topological polar surface area (TPSA) is 9.23 Å². The van der Waals surface area contributed by atoms with Gasteiger partial charge in [0, 0.05) is 12.9 Å². The van der Waals surface area contributed by atoms with Crippen LogP contribution >= 0.6 is 12.9 Å². The molecule has 0 aliphatic rings. The quantitative estimate of drug-likeness (QED) is 0.534. The summed E-state index contributed by atoms with van der Waals surface area (Å²) in [6, 6.07) is 6.06. The van der Waals surface area contributed by atoms with Crippen LogP contribution in [0.1, 0.15) is 31.9 Å². The number of hydrogen-bond donors (Lipinski definition) is 1. The summed E-state index contributed by atoms with van der Waals surface area (Å²) in [5, 5.41) is 0. The van der Waals surface area contributed by atoms with Crippen LogP contribution in [0.4, 0.5) is 0 Å². The first kappa shape index (κ1) is 10.5. The Bertz CT molecular complexity index is 299. The van der Waals surface area contributed by atoms with Gasteiger partial charge in [0.05, 0.1) is 0 Å². The molecule has 1 aromatic rings. The molecule has 0 atom stereocenters. The van der Waals surface area contributed by atoms with Gasteiger partial charge in [0.25, 0.3) is 0 Å². The summed E-state index contributed by atoms with van der Waals surface area (Å²) in [5.41, 5.74) is 2.64. The molecule has 1 rings (SSSR count). The van der Waals surface area contributed by atoms with Crippen molar-refractivity contribution < 1.29 is 4.18 Å². The highest BCUT2D eigenvalue weighted by Gasteiger charge is 2.17. The molecule has 1 aromatic carbocycles. The second-order valence-corrected chi connectivity index (χ2v) is 4.45. The van der Waals surface area contributed by atoms with E-state index in [1.165, 1.54) is 11.1 Å². The van der Waals surface area contributed by atoms with E-state index in [1.54, 1.807) is 0 Å². The smallest absolute Gasteiger partial charge is 0.140 e. The van der Waals surface area contributed by atoms with Crippen molar-refractivity contribution in [1.29, 1.82) is 0 Å². The van der Waals surface area contributed by atoms with E-state index >= 15 is 0 Å². The molecule has 0 unspecified atom stereocenters. The van der Waals surface area contributed by atoms with E-state index in [0.29, 0.717) is 0 Å². The Morgan fingerprint density at radius 3 is 2.31 bits per heavy atom. The lowest BCUT2D eigenvalue weighted by molar-refractivity contribution is 0.575. The molecule has 13 heavy (non-hydrogen) atoms. The maximum atomic E-state index is 4.98. The third kappa shape index (κ3) is 2.19. The van der Waals surface area contributed by atoms with Crippen LogP contribution in [-0.2, 0) is 5.41 Å². The Kier molecular flexibility index (Phi) is 2.91. The number of thiol groups is 1.